The Kier molecular flexibility index (Phi) is 4.16. The third kappa shape index (κ3) is 3.51. The normalized spacial score (nSPS) is 16.9. The molecule has 1 aliphatic rings. The number of hydrogen-bond donors (Lipinski definition) is 3. The highest BCUT2D eigenvalue weighted by Crippen LogP contribution is 2.39. The average molecular weight is 294 g/mol. The zero-order valence-corrected chi connectivity index (χ0v) is 12.1. The number of amides is 2. The molecule has 0 saturated heterocycles. The summed E-state index contributed by atoms with van der Waals surface area (Å²) in [7, 11) is 0. The number of urea groups is 1. The Morgan fingerprint density at radius 3 is 2.62 bits per heavy atom. The van der Waals surface area contributed by atoms with E-state index in [0.717, 1.165) is 24.0 Å². The van der Waals surface area contributed by atoms with Gasteiger partial charge in [-0.25, -0.2) is 14.0 Å². The number of rotatable bonds is 5. The van der Waals surface area contributed by atoms with Gasteiger partial charge in [0.25, 0.3) is 0 Å². The molecule has 0 aliphatic heterocycles. The SMILES string of the molecule is Cc1cc(F)ccc1CNC(=O)NC(C)(C(=O)O)C1CC1. The van der Waals surface area contributed by atoms with Crippen LogP contribution in [-0.4, -0.2) is 22.6 Å². The molecule has 2 rings (SSSR count). The number of aryl methyl sites for hydroxylation is 1. The summed E-state index contributed by atoms with van der Waals surface area (Å²) >= 11 is 0. The van der Waals surface area contributed by atoms with Gasteiger partial charge >= 0.3 is 12.0 Å². The number of nitrogens with one attached hydrogen (secondary N) is 2. The van der Waals surface area contributed by atoms with Gasteiger partial charge < -0.3 is 15.7 Å². The van der Waals surface area contributed by atoms with Crippen molar-refractivity contribution in [2.75, 3.05) is 0 Å². The molecule has 21 heavy (non-hydrogen) atoms. The van der Waals surface area contributed by atoms with Crippen molar-refractivity contribution in [2.45, 2.75) is 38.8 Å². The Hall–Kier alpha value is -2.11. The number of hydrogen-bond acceptors (Lipinski definition) is 2. The molecular formula is C15H19FN2O3. The van der Waals surface area contributed by atoms with Gasteiger partial charge in [-0.3, -0.25) is 0 Å². The molecule has 1 aliphatic carbocycles. The molecule has 0 spiro atoms. The largest absolute Gasteiger partial charge is 0.480 e. The lowest BCUT2D eigenvalue weighted by atomic mass is 9.96. The minimum atomic E-state index is -1.23. The lowest BCUT2D eigenvalue weighted by Gasteiger charge is -2.26. The van der Waals surface area contributed by atoms with Crippen molar-refractivity contribution in [2.24, 2.45) is 5.92 Å². The van der Waals surface area contributed by atoms with Gasteiger partial charge in [0.15, 0.2) is 0 Å². The number of carbonyl (C=O) groups is 2. The molecule has 1 unspecified atom stereocenters. The van der Waals surface area contributed by atoms with Crippen LogP contribution in [0.15, 0.2) is 18.2 Å². The lowest BCUT2D eigenvalue weighted by molar-refractivity contribution is -0.144. The summed E-state index contributed by atoms with van der Waals surface area (Å²) in [5.41, 5.74) is 0.288. The number of aliphatic carboxylic acids is 1. The van der Waals surface area contributed by atoms with Crippen molar-refractivity contribution in [1.29, 1.82) is 0 Å². The molecule has 1 aromatic carbocycles. The summed E-state index contributed by atoms with van der Waals surface area (Å²) in [6, 6.07) is 3.78. The first-order chi connectivity index (χ1) is 9.83. The van der Waals surface area contributed by atoms with Gasteiger partial charge in [0, 0.05) is 6.54 Å². The van der Waals surface area contributed by atoms with Crippen LogP contribution in [-0.2, 0) is 11.3 Å². The molecule has 1 aromatic rings. The van der Waals surface area contributed by atoms with E-state index in [4.69, 9.17) is 0 Å². The first-order valence-electron chi connectivity index (χ1n) is 6.87. The lowest BCUT2D eigenvalue weighted by Crippen LogP contribution is -2.56. The maximum Gasteiger partial charge on any atom is 0.329 e. The van der Waals surface area contributed by atoms with Crippen molar-refractivity contribution in [3.05, 3.63) is 35.1 Å². The zero-order valence-electron chi connectivity index (χ0n) is 12.1. The van der Waals surface area contributed by atoms with E-state index in [0.29, 0.717) is 0 Å². The van der Waals surface area contributed by atoms with Crippen LogP contribution in [0.3, 0.4) is 0 Å². The molecule has 0 aromatic heterocycles. The topological polar surface area (TPSA) is 78.4 Å². The summed E-state index contributed by atoms with van der Waals surface area (Å²) in [4.78, 5) is 23.2. The highest BCUT2D eigenvalue weighted by molar-refractivity contribution is 5.86. The quantitative estimate of drug-likeness (QED) is 0.779. The Morgan fingerprint density at radius 2 is 2.10 bits per heavy atom. The molecule has 5 nitrogen and oxygen atoms in total. The van der Waals surface area contributed by atoms with Crippen molar-refractivity contribution < 1.29 is 19.1 Å². The fourth-order valence-corrected chi connectivity index (χ4v) is 2.30. The molecule has 3 N–H and O–H groups in total. The summed E-state index contributed by atoms with van der Waals surface area (Å²) in [5.74, 6) is -1.38. The van der Waals surface area contributed by atoms with E-state index in [1.165, 1.54) is 19.1 Å². The Morgan fingerprint density at radius 1 is 1.43 bits per heavy atom. The smallest absolute Gasteiger partial charge is 0.329 e. The van der Waals surface area contributed by atoms with Gasteiger partial charge in [-0.05, 0) is 55.9 Å². The van der Waals surface area contributed by atoms with Crippen molar-refractivity contribution in [3.8, 4) is 0 Å². The highest BCUT2D eigenvalue weighted by Gasteiger charge is 2.48. The molecule has 0 bridgehead atoms. The van der Waals surface area contributed by atoms with Crippen LogP contribution in [0, 0.1) is 18.7 Å². The maximum atomic E-state index is 13.0. The van der Waals surface area contributed by atoms with Crippen LogP contribution >= 0.6 is 0 Å². The molecule has 114 valence electrons. The molecule has 0 heterocycles. The standard InChI is InChI=1S/C15H19FN2O3/c1-9-7-12(16)6-3-10(9)8-17-14(21)18-15(2,13(19)20)11-4-5-11/h3,6-7,11H,4-5,8H2,1-2H3,(H,19,20)(H2,17,18,21). The predicted molar refractivity (Wildman–Crippen MR) is 75.3 cm³/mol. The van der Waals surface area contributed by atoms with Crippen LogP contribution in [0.4, 0.5) is 9.18 Å². The summed E-state index contributed by atoms with van der Waals surface area (Å²) in [5, 5.41) is 14.4. The van der Waals surface area contributed by atoms with Crippen LogP contribution in [0.5, 0.6) is 0 Å². The maximum absolute atomic E-state index is 13.0. The number of carboxylic acid groups (broad SMARTS) is 1. The average Bonchev–Trinajstić information content (AvgIpc) is 3.21. The van der Waals surface area contributed by atoms with Gasteiger partial charge in [0.2, 0.25) is 0 Å². The third-order valence-corrected chi connectivity index (χ3v) is 3.96. The van der Waals surface area contributed by atoms with Crippen LogP contribution in [0.2, 0.25) is 0 Å². The van der Waals surface area contributed by atoms with Crippen molar-refractivity contribution in [1.82, 2.24) is 10.6 Å². The molecule has 1 saturated carbocycles. The number of benzene rings is 1. The van der Waals surface area contributed by atoms with E-state index in [1.807, 2.05) is 0 Å². The van der Waals surface area contributed by atoms with Gasteiger partial charge in [-0.2, -0.15) is 0 Å². The zero-order chi connectivity index (χ0) is 15.6. The monoisotopic (exact) mass is 294 g/mol. The number of carboxylic acids is 1. The van der Waals surface area contributed by atoms with Crippen LogP contribution in [0.25, 0.3) is 0 Å². The molecule has 0 radical (unpaired) electrons. The first kappa shape index (κ1) is 15.3. The van der Waals surface area contributed by atoms with Crippen molar-refractivity contribution >= 4 is 12.0 Å². The van der Waals surface area contributed by atoms with Gasteiger partial charge in [0.05, 0.1) is 0 Å². The van der Waals surface area contributed by atoms with Gasteiger partial charge in [0.1, 0.15) is 11.4 Å². The number of carbonyl (C=O) groups excluding carboxylic acids is 1. The molecule has 1 fully saturated rings. The fraction of sp³-hybridized carbons (Fsp3) is 0.467. The van der Waals surface area contributed by atoms with E-state index in [-0.39, 0.29) is 18.3 Å². The fourth-order valence-electron chi connectivity index (χ4n) is 2.30. The second kappa shape index (κ2) is 5.71. The molecule has 6 heteroatoms. The summed E-state index contributed by atoms with van der Waals surface area (Å²) in [6.45, 7) is 3.50. The predicted octanol–water partition coefficient (Wildman–Crippen LogP) is 2.19. The van der Waals surface area contributed by atoms with E-state index in [2.05, 4.69) is 10.6 Å². The second-order valence-electron chi connectivity index (χ2n) is 5.66. The van der Waals surface area contributed by atoms with E-state index in [9.17, 15) is 19.1 Å². The van der Waals surface area contributed by atoms with E-state index < -0.39 is 17.5 Å². The summed E-state index contributed by atoms with van der Waals surface area (Å²) in [6.07, 6.45) is 1.61. The van der Waals surface area contributed by atoms with E-state index in [1.54, 1.807) is 13.0 Å². The minimum Gasteiger partial charge on any atom is -0.480 e. The van der Waals surface area contributed by atoms with Gasteiger partial charge in [-0.15, -0.1) is 0 Å². The summed E-state index contributed by atoms with van der Waals surface area (Å²) < 4.78 is 13.0. The van der Waals surface area contributed by atoms with E-state index >= 15 is 0 Å². The van der Waals surface area contributed by atoms with Crippen LogP contribution in [0.1, 0.15) is 30.9 Å². The molecular weight excluding hydrogens is 275 g/mol. The van der Waals surface area contributed by atoms with Crippen molar-refractivity contribution in [3.63, 3.8) is 0 Å². The second-order valence-corrected chi connectivity index (χ2v) is 5.66. The van der Waals surface area contributed by atoms with Gasteiger partial charge in [-0.1, -0.05) is 6.07 Å². The van der Waals surface area contributed by atoms with Crippen LogP contribution < -0.4 is 10.6 Å². The molecule has 2 amide bonds. The Bertz CT molecular complexity index is 572. The number of halogens is 1. The minimum absolute atomic E-state index is 0.0201. The molecule has 1 atom stereocenters. The third-order valence-electron chi connectivity index (χ3n) is 3.96. The first-order valence-corrected chi connectivity index (χ1v) is 6.87. The Labute approximate surface area is 122 Å². The Balaban J connectivity index is 1.94. The highest BCUT2D eigenvalue weighted by atomic mass is 19.1.